The van der Waals surface area contributed by atoms with Crippen molar-refractivity contribution in [3.8, 4) is 16.9 Å². The van der Waals surface area contributed by atoms with Gasteiger partial charge >= 0.3 is 5.97 Å². The Balaban J connectivity index is 2.52. The normalized spacial score (nSPS) is 10.2. The molecule has 0 radical (unpaired) electrons. The van der Waals surface area contributed by atoms with Crippen LogP contribution in [-0.4, -0.2) is 18.2 Å². The summed E-state index contributed by atoms with van der Waals surface area (Å²) >= 11 is 0. The lowest BCUT2D eigenvalue weighted by atomic mass is 9.97. The highest BCUT2D eigenvalue weighted by molar-refractivity contribution is 5.77. The number of rotatable bonds is 4. The first-order valence-corrected chi connectivity index (χ1v) is 5.75. The Bertz CT molecular complexity index is 608. The van der Waals surface area contributed by atoms with Crippen molar-refractivity contribution in [3.63, 3.8) is 0 Å². The van der Waals surface area contributed by atoms with Gasteiger partial charge in [-0.3, -0.25) is 4.79 Å². The molecule has 4 heteroatoms. The van der Waals surface area contributed by atoms with Crippen LogP contribution in [0.5, 0.6) is 5.75 Å². The summed E-state index contributed by atoms with van der Waals surface area (Å²) in [7, 11) is 1.54. The Labute approximate surface area is 110 Å². The van der Waals surface area contributed by atoms with E-state index in [1.807, 2.05) is 0 Å². The quantitative estimate of drug-likeness (QED) is 0.918. The van der Waals surface area contributed by atoms with Gasteiger partial charge in [0, 0.05) is 0 Å². The molecule has 0 bridgehead atoms. The smallest absolute Gasteiger partial charge is 0.307 e. The van der Waals surface area contributed by atoms with Crippen molar-refractivity contribution in [3.05, 3.63) is 53.8 Å². The van der Waals surface area contributed by atoms with Crippen molar-refractivity contribution in [2.45, 2.75) is 6.42 Å². The average molecular weight is 260 g/mol. The fourth-order valence-corrected chi connectivity index (χ4v) is 1.93. The monoisotopic (exact) mass is 260 g/mol. The Hall–Kier alpha value is -2.36. The fraction of sp³-hybridized carbons (Fsp3) is 0.133. The molecule has 0 aliphatic rings. The van der Waals surface area contributed by atoms with Gasteiger partial charge in [0.15, 0.2) is 0 Å². The van der Waals surface area contributed by atoms with Crippen molar-refractivity contribution in [1.29, 1.82) is 0 Å². The van der Waals surface area contributed by atoms with Gasteiger partial charge in [0.1, 0.15) is 11.6 Å². The molecule has 0 saturated heterocycles. The molecule has 1 N–H and O–H groups in total. The molecule has 0 atom stereocenters. The van der Waals surface area contributed by atoms with Crippen molar-refractivity contribution in [2.75, 3.05) is 7.11 Å². The van der Waals surface area contributed by atoms with Crippen molar-refractivity contribution in [2.24, 2.45) is 0 Å². The van der Waals surface area contributed by atoms with Crippen LogP contribution in [0.15, 0.2) is 42.5 Å². The highest BCUT2D eigenvalue weighted by atomic mass is 19.1. The standard InChI is InChI=1S/C15H13FO3/c1-19-13-4-2-3-10(7-13)14-9-12(16)6-5-11(14)8-15(17)18/h2-7,9H,8H2,1H3,(H,17,18). The second-order valence-electron chi connectivity index (χ2n) is 4.10. The summed E-state index contributed by atoms with van der Waals surface area (Å²) in [6.07, 6.45) is -0.146. The number of hydrogen-bond acceptors (Lipinski definition) is 2. The third-order valence-corrected chi connectivity index (χ3v) is 2.79. The van der Waals surface area contributed by atoms with Gasteiger partial charge in [-0.1, -0.05) is 18.2 Å². The third kappa shape index (κ3) is 3.10. The lowest BCUT2D eigenvalue weighted by molar-refractivity contribution is -0.136. The first-order valence-electron chi connectivity index (χ1n) is 5.75. The number of carboxylic acids is 1. The molecule has 2 rings (SSSR count). The first kappa shape index (κ1) is 13.1. The predicted octanol–water partition coefficient (Wildman–Crippen LogP) is 3.13. The summed E-state index contributed by atoms with van der Waals surface area (Å²) < 4.78 is 18.5. The minimum atomic E-state index is -0.948. The second kappa shape index (κ2) is 5.52. The second-order valence-corrected chi connectivity index (χ2v) is 4.10. The minimum absolute atomic E-state index is 0.146. The van der Waals surface area contributed by atoms with Crippen LogP contribution in [0, 0.1) is 5.82 Å². The molecule has 0 fully saturated rings. The van der Waals surface area contributed by atoms with E-state index in [0.29, 0.717) is 16.9 Å². The van der Waals surface area contributed by atoms with Gasteiger partial charge in [-0.25, -0.2) is 4.39 Å². The van der Waals surface area contributed by atoms with E-state index >= 15 is 0 Å². The van der Waals surface area contributed by atoms with Crippen LogP contribution in [0.4, 0.5) is 4.39 Å². The number of methoxy groups -OCH3 is 1. The number of halogens is 1. The number of ether oxygens (including phenoxy) is 1. The Kier molecular flexibility index (Phi) is 3.80. The molecular formula is C15H13FO3. The van der Waals surface area contributed by atoms with E-state index in [1.54, 1.807) is 31.4 Å². The van der Waals surface area contributed by atoms with E-state index < -0.39 is 11.8 Å². The third-order valence-electron chi connectivity index (χ3n) is 2.79. The molecule has 0 spiro atoms. The summed E-state index contributed by atoms with van der Waals surface area (Å²) in [6, 6.07) is 11.2. The molecule has 2 aromatic carbocycles. The topological polar surface area (TPSA) is 46.5 Å². The maximum absolute atomic E-state index is 13.4. The first-order chi connectivity index (χ1) is 9.10. The van der Waals surface area contributed by atoms with Gasteiger partial charge in [-0.15, -0.1) is 0 Å². The van der Waals surface area contributed by atoms with E-state index in [9.17, 15) is 9.18 Å². The van der Waals surface area contributed by atoms with Gasteiger partial charge in [0.2, 0.25) is 0 Å². The van der Waals surface area contributed by atoms with Gasteiger partial charge in [-0.05, 0) is 41.0 Å². The van der Waals surface area contributed by atoms with Crippen LogP contribution in [0.1, 0.15) is 5.56 Å². The SMILES string of the molecule is COc1cccc(-c2cc(F)ccc2CC(=O)O)c1. The highest BCUT2D eigenvalue weighted by Gasteiger charge is 2.10. The minimum Gasteiger partial charge on any atom is -0.497 e. The Morgan fingerprint density at radius 2 is 2.05 bits per heavy atom. The fourth-order valence-electron chi connectivity index (χ4n) is 1.93. The zero-order valence-electron chi connectivity index (χ0n) is 10.4. The van der Waals surface area contributed by atoms with Crippen LogP contribution < -0.4 is 4.74 Å². The maximum Gasteiger partial charge on any atom is 0.307 e. The van der Waals surface area contributed by atoms with Crippen LogP contribution in [0.3, 0.4) is 0 Å². The maximum atomic E-state index is 13.4. The van der Waals surface area contributed by atoms with Crippen LogP contribution in [0.2, 0.25) is 0 Å². The molecule has 0 heterocycles. The number of benzene rings is 2. The summed E-state index contributed by atoms with van der Waals surface area (Å²) in [4.78, 5) is 10.8. The lowest BCUT2D eigenvalue weighted by Gasteiger charge is -2.09. The molecule has 0 aliphatic carbocycles. The highest BCUT2D eigenvalue weighted by Crippen LogP contribution is 2.28. The molecule has 98 valence electrons. The number of aliphatic carboxylic acids is 1. The Morgan fingerprint density at radius 3 is 2.74 bits per heavy atom. The van der Waals surface area contributed by atoms with Gasteiger partial charge in [0.05, 0.1) is 13.5 Å². The van der Waals surface area contributed by atoms with Crippen LogP contribution in [-0.2, 0) is 11.2 Å². The van der Waals surface area contributed by atoms with E-state index in [2.05, 4.69) is 0 Å². The molecule has 0 saturated carbocycles. The average Bonchev–Trinajstić information content (AvgIpc) is 2.40. The van der Waals surface area contributed by atoms with Crippen molar-refractivity contribution in [1.82, 2.24) is 0 Å². The van der Waals surface area contributed by atoms with E-state index in [-0.39, 0.29) is 6.42 Å². The predicted molar refractivity (Wildman–Crippen MR) is 69.7 cm³/mol. The molecule has 0 aromatic heterocycles. The summed E-state index contributed by atoms with van der Waals surface area (Å²) in [5.41, 5.74) is 1.87. The molecule has 0 amide bonds. The molecule has 2 aromatic rings. The van der Waals surface area contributed by atoms with E-state index in [0.717, 1.165) is 5.56 Å². The van der Waals surface area contributed by atoms with E-state index in [4.69, 9.17) is 9.84 Å². The zero-order chi connectivity index (χ0) is 13.8. The van der Waals surface area contributed by atoms with Gasteiger partial charge in [-0.2, -0.15) is 0 Å². The van der Waals surface area contributed by atoms with E-state index in [1.165, 1.54) is 18.2 Å². The zero-order valence-corrected chi connectivity index (χ0v) is 10.4. The number of hydrogen-bond donors (Lipinski definition) is 1. The van der Waals surface area contributed by atoms with Crippen LogP contribution in [0.25, 0.3) is 11.1 Å². The number of carbonyl (C=O) groups is 1. The summed E-state index contributed by atoms with van der Waals surface area (Å²) in [6.45, 7) is 0. The molecule has 19 heavy (non-hydrogen) atoms. The van der Waals surface area contributed by atoms with Crippen molar-refractivity contribution < 1.29 is 19.0 Å². The molecular weight excluding hydrogens is 247 g/mol. The molecule has 3 nitrogen and oxygen atoms in total. The van der Waals surface area contributed by atoms with Crippen molar-refractivity contribution >= 4 is 5.97 Å². The van der Waals surface area contributed by atoms with Gasteiger partial charge in [0.25, 0.3) is 0 Å². The summed E-state index contributed by atoms with van der Waals surface area (Å²) in [5, 5.41) is 8.89. The summed E-state index contributed by atoms with van der Waals surface area (Å²) in [5.74, 6) is -0.703. The largest absolute Gasteiger partial charge is 0.497 e. The number of carboxylic acid groups (broad SMARTS) is 1. The molecule has 0 aliphatic heterocycles. The molecule has 0 unspecified atom stereocenters. The lowest BCUT2D eigenvalue weighted by Crippen LogP contribution is -2.02. The van der Waals surface area contributed by atoms with Gasteiger partial charge < -0.3 is 9.84 Å². The Morgan fingerprint density at radius 1 is 1.26 bits per heavy atom. The van der Waals surface area contributed by atoms with Crippen LogP contribution >= 0.6 is 0 Å².